The molecule has 0 aliphatic heterocycles. The first kappa shape index (κ1) is 20.2. The van der Waals surface area contributed by atoms with Gasteiger partial charge in [0.25, 0.3) is 0 Å². The average molecular weight is 396 g/mol. The van der Waals surface area contributed by atoms with Gasteiger partial charge in [-0.2, -0.15) is 22.7 Å². The summed E-state index contributed by atoms with van der Waals surface area (Å²) in [6, 6.07) is 0. The van der Waals surface area contributed by atoms with Crippen LogP contribution >= 0.6 is 0 Å². The van der Waals surface area contributed by atoms with Crippen molar-refractivity contribution >= 4 is 0 Å². The van der Waals surface area contributed by atoms with E-state index in [-0.39, 0.29) is 65.4 Å². The predicted octanol–water partition coefficient (Wildman–Crippen LogP) is 4.38. The summed E-state index contributed by atoms with van der Waals surface area (Å²) in [5, 5.41) is 0. The Morgan fingerprint density at radius 1 is 0.667 bits per heavy atom. The average Bonchev–Trinajstić information content (AvgIpc) is 2.10. The van der Waals surface area contributed by atoms with Crippen LogP contribution in [0.5, 0.6) is 0 Å². The van der Waals surface area contributed by atoms with Crippen LogP contribution in [0.15, 0.2) is 0 Å². The van der Waals surface area contributed by atoms with Crippen molar-refractivity contribution in [3.8, 4) is 0 Å². The minimum atomic E-state index is 0. The predicted molar refractivity (Wildman–Crippen MR) is 70.1 cm³/mol. The van der Waals surface area contributed by atoms with E-state index in [1.165, 1.54) is 0 Å². The van der Waals surface area contributed by atoms with E-state index in [1.54, 1.807) is 0 Å². The van der Waals surface area contributed by atoms with Gasteiger partial charge >= 0.3 is 0 Å². The normalized spacial score (nSPS) is 41.0. The van der Waals surface area contributed by atoms with E-state index < -0.39 is 0 Å². The maximum Gasteiger partial charge on any atom is 0 e. The third-order valence-corrected chi connectivity index (χ3v) is 5.20. The molecule has 2 aliphatic carbocycles. The van der Waals surface area contributed by atoms with Gasteiger partial charge in [-0.25, -0.2) is 0 Å². The van der Waals surface area contributed by atoms with Crippen molar-refractivity contribution in [3.63, 3.8) is 0 Å². The zero-order valence-electron chi connectivity index (χ0n) is 12.8. The van der Waals surface area contributed by atoms with Crippen LogP contribution < -0.4 is 0 Å². The fraction of sp³-hybridized carbons (Fsp3) is 0.750. The van der Waals surface area contributed by atoms with E-state index >= 15 is 0 Å². The summed E-state index contributed by atoms with van der Waals surface area (Å²) in [5.74, 6) is 2.77. The van der Waals surface area contributed by atoms with Gasteiger partial charge in [-0.3, -0.25) is 0 Å². The van der Waals surface area contributed by atoms with Gasteiger partial charge in [0, 0.05) is 65.4 Å². The van der Waals surface area contributed by atoms with Gasteiger partial charge in [0.05, 0.1) is 0 Å². The minimum Gasteiger partial charge on any atom is -0.358 e. The van der Waals surface area contributed by atoms with E-state index in [1.807, 2.05) is 0 Å². The summed E-state index contributed by atoms with van der Waals surface area (Å²) in [6.45, 7) is 14.2. The van der Waals surface area contributed by atoms with Crippen LogP contribution in [0.3, 0.4) is 0 Å². The monoisotopic (exact) mass is 396 g/mol. The van der Waals surface area contributed by atoms with Crippen LogP contribution in [0.4, 0.5) is 0 Å². The van der Waals surface area contributed by atoms with Crippen LogP contribution in [-0.4, -0.2) is 0 Å². The Morgan fingerprint density at radius 3 is 1.22 bits per heavy atom. The first-order chi connectivity index (χ1) is 7.23. The SMILES string of the molecule is CC1[CH-]C2[CH-]C(C)(C)C(C)(C)[CH-]C2[CH-]C1C.[Y].[Y]. The standard InChI is InChI=1S/C16H26.2Y/c1-11-7-13-9-15(3,4)16(5,6)10-14(13)8-12(11)2;;/h7-14H,1-6H3;;/q-4;;. The molecule has 0 aromatic heterocycles. The van der Waals surface area contributed by atoms with Crippen LogP contribution in [-0.2, 0) is 65.4 Å². The van der Waals surface area contributed by atoms with Gasteiger partial charge in [-0.1, -0.05) is 41.5 Å². The summed E-state index contributed by atoms with van der Waals surface area (Å²) in [6.07, 6.45) is 10.3. The molecule has 2 radical (unpaired) electrons. The van der Waals surface area contributed by atoms with Gasteiger partial charge in [-0.15, -0.1) is 0 Å². The first-order valence-corrected chi connectivity index (χ1v) is 6.65. The maximum absolute atomic E-state index is 2.58. The van der Waals surface area contributed by atoms with Gasteiger partial charge in [-0.05, 0) is 0 Å². The second-order valence-corrected chi connectivity index (χ2v) is 7.03. The molecule has 0 heterocycles. The fourth-order valence-corrected chi connectivity index (χ4v) is 3.03. The molecular weight excluding hydrogens is 370 g/mol. The zero-order chi connectivity index (χ0) is 12.1. The van der Waals surface area contributed by atoms with Crippen molar-refractivity contribution in [3.05, 3.63) is 25.7 Å². The van der Waals surface area contributed by atoms with Crippen LogP contribution in [0.2, 0.25) is 0 Å². The van der Waals surface area contributed by atoms with Crippen molar-refractivity contribution in [2.24, 2.45) is 34.5 Å². The molecule has 4 unspecified atom stereocenters. The van der Waals surface area contributed by atoms with E-state index in [2.05, 4.69) is 67.2 Å². The second kappa shape index (κ2) is 6.98. The Bertz CT molecular complexity index is 242. The fourth-order valence-electron chi connectivity index (χ4n) is 3.03. The molecule has 2 fully saturated rings. The molecule has 100 valence electrons. The summed E-state index contributed by atoms with van der Waals surface area (Å²) < 4.78 is 0. The van der Waals surface area contributed by atoms with Crippen LogP contribution in [0, 0.1) is 60.2 Å². The summed E-state index contributed by atoms with van der Waals surface area (Å²) in [4.78, 5) is 0. The zero-order valence-corrected chi connectivity index (χ0v) is 18.5. The Hall–Kier alpha value is 2.21. The number of hydrogen-bond donors (Lipinski definition) is 0. The molecule has 0 nitrogen and oxygen atoms in total. The van der Waals surface area contributed by atoms with Crippen molar-refractivity contribution in [1.82, 2.24) is 0 Å². The smallest absolute Gasteiger partial charge is 0 e. The largest absolute Gasteiger partial charge is 0.358 e. The molecule has 0 spiro atoms. The molecule has 2 aliphatic rings. The molecule has 0 aromatic carbocycles. The van der Waals surface area contributed by atoms with E-state index in [0.717, 1.165) is 11.8 Å². The first-order valence-electron chi connectivity index (χ1n) is 6.65. The molecule has 4 atom stereocenters. The maximum atomic E-state index is 2.58. The van der Waals surface area contributed by atoms with E-state index in [0.29, 0.717) is 22.7 Å². The molecule has 0 aromatic rings. The van der Waals surface area contributed by atoms with Gasteiger partial charge in [0.2, 0.25) is 0 Å². The topological polar surface area (TPSA) is 0 Å². The van der Waals surface area contributed by atoms with Gasteiger partial charge in [0.15, 0.2) is 0 Å². The number of fused-ring (bicyclic) bond motifs is 1. The molecule has 18 heavy (non-hydrogen) atoms. The second-order valence-electron chi connectivity index (χ2n) is 7.03. The van der Waals surface area contributed by atoms with Crippen molar-refractivity contribution < 1.29 is 65.4 Å². The van der Waals surface area contributed by atoms with Crippen LogP contribution in [0.25, 0.3) is 0 Å². The molecule has 2 saturated carbocycles. The number of hydrogen-bond acceptors (Lipinski definition) is 0. The molecule has 2 heteroatoms. The quantitative estimate of drug-likeness (QED) is 0.533. The molecule has 2 rings (SSSR count). The molecule has 0 amide bonds. The third-order valence-electron chi connectivity index (χ3n) is 5.20. The van der Waals surface area contributed by atoms with E-state index in [4.69, 9.17) is 0 Å². The van der Waals surface area contributed by atoms with Gasteiger partial charge < -0.3 is 37.5 Å². The Labute approximate surface area is 165 Å². The summed E-state index contributed by atoms with van der Waals surface area (Å²) in [5.41, 5.74) is 0.609. The van der Waals surface area contributed by atoms with Crippen molar-refractivity contribution in [1.29, 1.82) is 0 Å². The number of rotatable bonds is 0. The van der Waals surface area contributed by atoms with Crippen LogP contribution in [0.1, 0.15) is 41.5 Å². The minimum absolute atomic E-state index is 0. The molecule has 0 bridgehead atoms. The molecular formula is C16H26Y2-4. The van der Waals surface area contributed by atoms with E-state index in [9.17, 15) is 0 Å². The summed E-state index contributed by atoms with van der Waals surface area (Å²) >= 11 is 0. The van der Waals surface area contributed by atoms with Crippen molar-refractivity contribution in [2.45, 2.75) is 41.5 Å². The Kier molecular flexibility index (Phi) is 7.83. The van der Waals surface area contributed by atoms with Gasteiger partial charge in [0.1, 0.15) is 0 Å². The Morgan fingerprint density at radius 2 is 0.944 bits per heavy atom. The molecule has 0 N–H and O–H groups in total. The van der Waals surface area contributed by atoms with Crippen molar-refractivity contribution in [2.75, 3.05) is 0 Å². The summed E-state index contributed by atoms with van der Waals surface area (Å²) in [7, 11) is 0. The third kappa shape index (κ3) is 3.89. The Balaban J connectivity index is 0.00000144. The molecule has 0 saturated heterocycles.